The van der Waals surface area contributed by atoms with Crippen molar-refractivity contribution in [3.8, 4) is 0 Å². The van der Waals surface area contributed by atoms with Crippen molar-refractivity contribution in [1.29, 1.82) is 0 Å². The molecule has 128 valence electrons. The lowest BCUT2D eigenvalue weighted by Gasteiger charge is -2.36. The molecule has 3 rings (SSSR count). The van der Waals surface area contributed by atoms with E-state index in [0.717, 1.165) is 48.3 Å². The number of carbonyl (C=O) groups is 1. The predicted octanol–water partition coefficient (Wildman–Crippen LogP) is 2.48. The van der Waals surface area contributed by atoms with Crippen LogP contribution in [-0.4, -0.2) is 61.0 Å². The summed E-state index contributed by atoms with van der Waals surface area (Å²) < 4.78 is 0. The van der Waals surface area contributed by atoms with Crippen molar-refractivity contribution in [1.82, 2.24) is 14.8 Å². The van der Waals surface area contributed by atoms with Gasteiger partial charge in [0, 0.05) is 38.4 Å². The molecule has 1 fully saturated rings. The van der Waals surface area contributed by atoms with Crippen molar-refractivity contribution < 1.29 is 4.79 Å². The fourth-order valence-corrected chi connectivity index (χ4v) is 4.09. The molecule has 1 aliphatic rings. The lowest BCUT2D eigenvalue weighted by atomic mass is 10.2. The van der Waals surface area contributed by atoms with Crippen LogP contribution in [0.1, 0.15) is 20.4 Å². The third kappa shape index (κ3) is 3.76. The molecule has 6 heteroatoms. The van der Waals surface area contributed by atoms with E-state index in [9.17, 15) is 4.79 Å². The molecular weight excluding hydrogens is 320 g/mol. The van der Waals surface area contributed by atoms with E-state index in [4.69, 9.17) is 0 Å². The van der Waals surface area contributed by atoms with Gasteiger partial charge in [-0.1, -0.05) is 18.2 Å². The molecule has 0 aliphatic carbocycles. The number of carbonyl (C=O) groups excluding carboxylic acids is 1. The summed E-state index contributed by atoms with van der Waals surface area (Å²) in [4.78, 5) is 24.5. The summed E-state index contributed by atoms with van der Waals surface area (Å²) in [6, 6.07) is 10.4. The monoisotopic (exact) mass is 344 g/mol. The smallest absolute Gasteiger partial charge is 0.265 e. The lowest BCUT2D eigenvalue weighted by molar-refractivity contribution is 0.0750. The summed E-state index contributed by atoms with van der Waals surface area (Å²) in [5, 5.41) is 1.00. The predicted molar refractivity (Wildman–Crippen MR) is 98.8 cm³/mol. The Morgan fingerprint density at radius 3 is 2.46 bits per heavy atom. The summed E-state index contributed by atoms with van der Waals surface area (Å²) >= 11 is 1.53. The molecule has 0 bridgehead atoms. The Hall–Kier alpha value is -1.92. The van der Waals surface area contributed by atoms with Crippen molar-refractivity contribution in [2.75, 3.05) is 45.2 Å². The molecule has 0 atom stereocenters. The fraction of sp³-hybridized carbons (Fsp3) is 0.444. The zero-order valence-electron chi connectivity index (χ0n) is 14.5. The number of nitrogens with zero attached hydrogens (tertiary/aromatic N) is 4. The largest absolute Gasteiger partial charge is 0.368 e. The van der Waals surface area contributed by atoms with E-state index in [1.54, 1.807) is 0 Å². The highest BCUT2D eigenvalue weighted by Gasteiger charge is 2.25. The number of anilines is 1. The van der Waals surface area contributed by atoms with Crippen molar-refractivity contribution in [3.05, 3.63) is 45.9 Å². The topological polar surface area (TPSA) is 39.7 Å². The van der Waals surface area contributed by atoms with E-state index in [-0.39, 0.29) is 5.91 Å². The molecule has 1 aliphatic heterocycles. The van der Waals surface area contributed by atoms with E-state index in [1.807, 2.05) is 32.0 Å². The third-order valence-electron chi connectivity index (χ3n) is 4.17. The maximum Gasteiger partial charge on any atom is 0.265 e. The molecule has 0 radical (unpaired) electrons. The molecule has 5 nitrogen and oxygen atoms in total. The van der Waals surface area contributed by atoms with Crippen molar-refractivity contribution in [2.24, 2.45) is 0 Å². The molecular formula is C18H24N4OS. The van der Waals surface area contributed by atoms with E-state index >= 15 is 0 Å². The quantitative estimate of drug-likeness (QED) is 0.854. The molecule has 0 saturated carbocycles. The minimum Gasteiger partial charge on any atom is -0.368 e. The van der Waals surface area contributed by atoms with Crippen LogP contribution in [0.5, 0.6) is 0 Å². The maximum atomic E-state index is 12.8. The molecule has 1 aromatic heterocycles. The van der Waals surface area contributed by atoms with Crippen LogP contribution < -0.4 is 4.90 Å². The van der Waals surface area contributed by atoms with Gasteiger partial charge < -0.3 is 14.7 Å². The fourth-order valence-electron chi connectivity index (χ4n) is 2.94. The summed E-state index contributed by atoms with van der Waals surface area (Å²) in [5.74, 6) is 0.128. The van der Waals surface area contributed by atoms with Gasteiger partial charge in [0.2, 0.25) is 0 Å². The Labute approximate surface area is 147 Å². The Balaban J connectivity index is 1.64. The number of thiazole rings is 1. The van der Waals surface area contributed by atoms with Crippen molar-refractivity contribution in [3.63, 3.8) is 0 Å². The maximum absolute atomic E-state index is 12.8. The minimum absolute atomic E-state index is 0.128. The second-order valence-corrected chi connectivity index (χ2v) is 7.46. The van der Waals surface area contributed by atoms with E-state index in [1.165, 1.54) is 17.0 Å². The molecule has 1 amide bonds. The number of hydrogen-bond acceptors (Lipinski definition) is 5. The van der Waals surface area contributed by atoms with E-state index in [0.29, 0.717) is 0 Å². The molecule has 0 spiro atoms. The molecule has 1 aromatic carbocycles. The number of amides is 1. The van der Waals surface area contributed by atoms with Crippen molar-refractivity contribution >= 4 is 22.9 Å². The SMILES string of the molecule is Cc1nc(CN(C)C)sc1C(=O)N1CCN(c2ccccc2)CC1. The summed E-state index contributed by atoms with van der Waals surface area (Å²) in [5.41, 5.74) is 2.08. The minimum atomic E-state index is 0.128. The van der Waals surface area contributed by atoms with Crippen molar-refractivity contribution in [2.45, 2.75) is 13.5 Å². The standard InChI is InChI=1S/C18H24N4OS/c1-14-17(24-16(19-14)13-20(2)3)18(23)22-11-9-21(10-12-22)15-7-5-4-6-8-15/h4-8H,9-13H2,1-3H3. The van der Waals surface area contributed by atoms with E-state index < -0.39 is 0 Å². The van der Waals surface area contributed by atoms with Gasteiger partial charge in [0.1, 0.15) is 9.88 Å². The number of para-hydroxylation sites is 1. The molecule has 1 saturated heterocycles. The third-order valence-corrected chi connectivity index (χ3v) is 5.31. The average molecular weight is 344 g/mol. The van der Waals surface area contributed by atoms with Gasteiger partial charge >= 0.3 is 0 Å². The van der Waals surface area contributed by atoms with Gasteiger partial charge in [-0.15, -0.1) is 11.3 Å². The Morgan fingerprint density at radius 2 is 1.83 bits per heavy atom. The summed E-state index contributed by atoms with van der Waals surface area (Å²) in [6.07, 6.45) is 0. The number of hydrogen-bond donors (Lipinski definition) is 0. The van der Waals surface area contributed by atoms with E-state index in [2.05, 4.69) is 39.0 Å². The highest BCUT2D eigenvalue weighted by Crippen LogP contribution is 2.22. The second kappa shape index (κ2) is 7.32. The highest BCUT2D eigenvalue weighted by atomic mass is 32.1. The van der Waals surface area contributed by atoms with Gasteiger partial charge in [-0.05, 0) is 33.2 Å². The van der Waals surface area contributed by atoms with Gasteiger partial charge in [-0.2, -0.15) is 0 Å². The summed E-state index contributed by atoms with van der Waals surface area (Å²) in [6.45, 7) is 5.97. The van der Waals surface area contributed by atoms with Crippen LogP contribution in [0.2, 0.25) is 0 Å². The first-order valence-corrected chi connectivity index (χ1v) is 9.06. The Kier molecular flexibility index (Phi) is 5.16. The molecule has 24 heavy (non-hydrogen) atoms. The number of piperazine rings is 1. The van der Waals surface area contributed by atoms with Crippen LogP contribution in [0.25, 0.3) is 0 Å². The van der Waals surface area contributed by atoms with Gasteiger partial charge in [-0.25, -0.2) is 4.98 Å². The van der Waals surface area contributed by atoms with Gasteiger partial charge in [0.15, 0.2) is 0 Å². The molecule has 0 N–H and O–H groups in total. The molecule has 2 heterocycles. The van der Waals surface area contributed by atoms with Crippen LogP contribution in [0.4, 0.5) is 5.69 Å². The summed E-state index contributed by atoms with van der Waals surface area (Å²) in [7, 11) is 4.03. The number of benzene rings is 1. The number of aryl methyl sites for hydroxylation is 1. The molecule has 2 aromatic rings. The zero-order valence-corrected chi connectivity index (χ0v) is 15.3. The second-order valence-electron chi connectivity index (χ2n) is 6.37. The molecule has 0 unspecified atom stereocenters. The van der Waals surface area contributed by atoms with Crippen LogP contribution in [0.3, 0.4) is 0 Å². The highest BCUT2D eigenvalue weighted by molar-refractivity contribution is 7.13. The van der Waals surface area contributed by atoms with Crippen LogP contribution in [0.15, 0.2) is 30.3 Å². The van der Waals surface area contributed by atoms with Gasteiger partial charge in [0.05, 0.1) is 5.69 Å². The first kappa shape index (κ1) is 16.9. The lowest BCUT2D eigenvalue weighted by Crippen LogP contribution is -2.48. The van der Waals surface area contributed by atoms with Crippen LogP contribution >= 0.6 is 11.3 Å². The Bertz CT molecular complexity index is 690. The average Bonchev–Trinajstić information content (AvgIpc) is 2.94. The van der Waals surface area contributed by atoms with Crippen LogP contribution in [0, 0.1) is 6.92 Å². The van der Waals surface area contributed by atoms with Crippen LogP contribution in [-0.2, 0) is 6.54 Å². The van der Waals surface area contributed by atoms with Gasteiger partial charge in [-0.3, -0.25) is 4.79 Å². The normalized spacial score (nSPS) is 15.2. The first-order valence-electron chi connectivity index (χ1n) is 8.25. The number of aromatic nitrogens is 1. The zero-order chi connectivity index (χ0) is 17.1. The first-order chi connectivity index (χ1) is 11.5. The van der Waals surface area contributed by atoms with Gasteiger partial charge in [0.25, 0.3) is 5.91 Å². The number of rotatable bonds is 4. The Morgan fingerprint density at radius 1 is 1.17 bits per heavy atom.